The summed E-state index contributed by atoms with van der Waals surface area (Å²) in [6.45, 7) is 5.99. The third kappa shape index (κ3) is 2.45. The molecule has 0 aliphatic heterocycles. The summed E-state index contributed by atoms with van der Waals surface area (Å²) in [5, 5.41) is 1.05. The Labute approximate surface area is 80.5 Å². The molecule has 0 bridgehead atoms. The van der Waals surface area contributed by atoms with Gasteiger partial charge in [-0.1, -0.05) is 31.2 Å². The number of benzene rings is 1. The van der Waals surface area contributed by atoms with E-state index in [2.05, 4.69) is 6.92 Å². The molecular weight excluding hydrogens is 179 g/mol. The van der Waals surface area contributed by atoms with E-state index in [4.69, 9.17) is 0 Å². The molecular formula is C11H17OP. The molecule has 1 aromatic rings. The molecule has 13 heavy (non-hydrogen) atoms. The lowest BCUT2D eigenvalue weighted by molar-refractivity contribution is 0.584. The summed E-state index contributed by atoms with van der Waals surface area (Å²) in [7, 11) is -2.08. The molecule has 0 amide bonds. The molecule has 0 N–H and O–H groups in total. The normalized spacial score (nSPS) is 15.3. The second kappa shape index (κ2) is 4.11. The van der Waals surface area contributed by atoms with Crippen molar-refractivity contribution in [2.75, 3.05) is 12.8 Å². The molecule has 0 aliphatic carbocycles. The van der Waals surface area contributed by atoms with E-state index < -0.39 is 7.14 Å². The molecule has 72 valence electrons. The lowest BCUT2D eigenvalue weighted by atomic mass is 10.2. The van der Waals surface area contributed by atoms with Crippen molar-refractivity contribution >= 4 is 12.4 Å². The topological polar surface area (TPSA) is 17.1 Å². The minimum absolute atomic E-state index is 0.817. The SMILES string of the molecule is CCCP(C)(=O)c1ccccc1C. The third-order valence-electron chi connectivity index (χ3n) is 2.28. The van der Waals surface area contributed by atoms with Crippen LogP contribution in [-0.4, -0.2) is 12.8 Å². The van der Waals surface area contributed by atoms with Gasteiger partial charge < -0.3 is 4.57 Å². The Balaban J connectivity index is 3.07. The first kappa shape index (κ1) is 10.5. The summed E-state index contributed by atoms with van der Waals surface area (Å²) in [5.74, 6) is 0. The van der Waals surface area contributed by atoms with Gasteiger partial charge in [0, 0.05) is 11.5 Å². The second-order valence-corrected chi connectivity index (χ2v) is 6.74. The van der Waals surface area contributed by atoms with Crippen LogP contribution < -0.4 is 5.30 Å². The van der Waals surface area contributed by atoms with E-state index in [0.717, 1.165) is 23.5 Å². The van der Waals surface area contributed by atoms with Crippen LogP contribution in [0.3, 0.4) is 0 Å². The van der Waals surface area contributed by atoms with Gasteiger partial charge in [0.05, 0.1) is 0 Å². The van der Waals surface area contributed by atoms with E-state index in [9.17, 15) is 4.57 Å². The minimum atomic E-state index is -2.08. The molecule has 0 saturated heterocycles. The third-order valence-corrected chi connectivity index (χ3v) is 5.10. The van der Waals surface area contributed by atoms with Gasteiger partial charge in [0.1, 0.15) is 7.14 Å². The highest BCUT2D eigenvalue weighted by Gasteiger charge is 2.18. The van der Waals surface area contributed by atoms with Crippen molar-refractivity contribution in [1.82, 2.24) is 0 Å². The lowest BCUT2D eigenvalue weighted by Crippen LogP contribution is -2.09. The van der Waals surface area contributed by atoms with Crippen LogP contribution in [0.2, 0.25) is 0 Å². The van der Waals surface area contributed by atoms with Gasteiger partial charge in [-0.15, -0.1) is 0 Å². The average Bonchev–Trinajstić information content (AvgIpc) is 2.04. The molecule has 1 nitrogen and oxygen atoms in total. The molecule has 1 unspecified atom stereocenters. The van der Waals surface area contributed by atoms with Crippen LogP contribution in [0.5, 0.6) is 0 Å². The molecule has 0 radical (unpaired) electrons. The molecule has 2 heteroatoms. The number of hydrogen-bond donors (Lipinski definition) is 0. The van der Waals surface area contributed by atoms with Crippen molar-refractivity contribution in [3.63, 3.8) is 0 Å². The van der Waals surface area contributed by atoms with Crippen LogP contribution in [-0.2, 0) is 4.57 Å². The van der Waals surface area contributed by atoms with E-state index in [1.54, 1.807) is 0 Å². The summed E-state index contributed by atoms with van der Waals surface area (Å²) in [6.07, 6.45) is 1.81. The van der Waals surface area contributed by atoms with E-state index in [1.165, 1.54) is 0 Å². The van der Waals surface area contributed by atoms with Crippen LogP contribution in [0.4, 0.5) is 0 Å². The molecule has 0 heterocycles. The second-order valence-electron chi connectivity index (χ2n) is 3.61. The lowest BCUT2D eigenvalue weighted by Gasteiger charge is -2.14. The predicted octanol–water partition coefficient (Wildman–Crippen LogP) is 3.02. The first-order valence-electron chi connectivity index (χ1n) is 4.70. The Hall–Kier alpha value is -0.550. The summed E-state index contributed by atoms with van der Waals surface area (Å²) in [4.78, 5) is 0. The highest BCUT2D eigenvalue weighted by Crippen LogP contribution is 2.41. The summed E-state index contributed by atoms with van der Waals surface area (Å²) in [6, 6.07) is 7.98. The first-order valence-corrected chi connectivity index (χ1v) is 7.04. The standard InChI is InChI=1S/C11H17OP/c1-4-9-13(3,12)11-8-6-5-7-10(11)2/h5-8H,4,9H2,1-3H3. The van der Waals surface area contributed by atoms with Gasteiger partial charge in [0.2, 0.25) is 0 Å². The number of aryl methyl sites for hydroxylation is 1. The van der Waals surface area contributed by atoms with E-state index in [-0.39, 0.29) is 0 Å². The molecule has 1 rings (SSSR count). The first-order chi connectivity index (χ1) is 6.08. The van der Waals surface area contributed by atoms with Crippen LogP contribution in [0.1, 0.15) is 18.9 Å². The zero-order chi connectivity index (χ0) is 9.90. The maximum absolute atomic E-state index is 12.2. The molecule has 0 fully saturated rings. The van der Waals surface area contributed by atoms with E-state index >= 15 is 0 Å². The summed E-state index contributed by atoms with van der Waals surface area (Å²) in [5.41, 5.74) is 1.15. The Morgan fingerprint density at radius 2 is 1.92 bits per heavy atom. The minimum Gasteiger partial charge on any atom is -0.319 e. The Bertz CT molecular complexity index is 331. The van der Waals surface area contributed by atoms with Crippen LogP contribution >= 0.6 is 7.14 Å². The largest absolute Gasteiger partial charge is 0.319 e. The van der Waals surface area contributed by atoms with Crippen molar-refractivity contribution in [1.29, 1.82) is 0 Å². The van der Waals surface area contributed by atoms with Crippen LogP contribution in [0, 0.1) is 6.92 Å². The van der Waals surface area contributed by atoms with Crippen molar-refractivity contribution in [2.45, 2.75) is 20.3 Å². The van der Waals surface area contributed by atoms with Gasteiger partial charge >= 0.3 is 0 Å². The van der Waals surface area contributed by atoms with Crippen molar-refractivity contribution in [3.8, 4) is 0 Å². The smallest absolute Gasteiger partial charge is 0.112 e. The fraction of sp³-hybridized carbons (Fsp3) is 0.455. The van der Waals surface area contributed by atoms with Gasteiger partial charge in [-0.05, 0) is 25.6 Å². The Kier molecular flexibility index (Phi) is 3.33. The van der Waals surface area contributed by atoms with Crippen molar-refractivity contribution in [3.05, 3.63) is 29.8 Å². The van der Waals surface area contributed by atoms with E-state index in [0.29, 0.717) is 0 Å². The molecule has 1 aromatic carbocycles. The van der Waals surface area contributed by atoms with Gasteiger partial charge in [-0.3, -0.25) is 0 Å². The number of hydrogen-bond acceptors (Lipinski definition) is 1. The fourth-order valence-electron chi connectivity index (χ4n) is 1.64. The zero-order valence-corrected chi connectivity index (χ0v) is 9.47. The maximum atomic E-state index is 12.2. The monoisotopic (exact) mass is 196 g/mol. The summed E-state index contributed by atoms with van der Waals surface area (Å²) < 4.78 is 12.2. The molecule has 0 aliphatic rings. The fourth-order valence-corrected chi connectivity index (χ4v) is 3.96. The van der Waals surface area contributed by atoms with Gasteiger partial charge in [0.15, 0.2) is 0 Å². The van der Waals surface area contributed by atoms with Gasteiger partial charge in [-0.2, -0.15) is 0 Å². The van der Waals surface area contributed by atoms with Crippen molar-refractivity contribution in [2.24, 2.45) is 0 Å². The Morgan fingerprint density at radius 3 is 2.46 bits per heavy atom. The van der Waals surface area contributed by atoms with Crippen LogP contribution in [0.25, 0.3) is 0 Å². The molecule has 0 aromatic heterocycles. The molecule has 1 atom stereocenters. The van der Waals surface area contributed by atoms with Crippen LogP contribution in [0.15, 0.2) is 24.3 Å². The number of rotatable bonds is 3. The maximum Gasteiger partial charge on any atom is 0.112 e. The summed E-state index contributed by atoms with van der Waals surface area (Å²) >= 11 is 0. The molecule has 0 spiro atoms. The predicted molar refractivity (Wildman–Crippen MR) is 59.5 cm³/mol. The Morgan fingerprint density at radius 1 is 1.31 bits per heavy atom. The van der Waals surface area contributed by atoms with Gasteiger partial charge in [0.25, 0.3) is 0 Å². The highest BCUT2D eigenvalue weighted by molar-refractivity contribution is 7.70. The zero-order valence-electron chi connectivity index (χ0n) is 8.58. The average molecular weight is 196 g/mol. The van der Waals surface area contributed by atoms with Crippen molar-refractivity contribution < 1.29 is 4.57 Å². The van der Waals surface area contributed by atoms with E-state index in [1.807, 2.05) is 37.9 Å². The highest BCUT2D eigenvalue weighted by atomic mass is 31.2. The quantitative estimate of drug-likeness (QED) is 0.679. The molecule has 0 saturated carbocycles. The van der Waals surface area contributed by atoms with Gasteiger partial charge in [-0.25, -0.2) is 0 Å².